The lowest BCUT2D eigenvalue weighted by atomic mass is 10.2. The van der Waals surface area contributed by atoms with Crippen LogP contribution in [0, 0.1) is 0 Å². The highest BCUT2D eigenvalue weighted by atomic mass is 16.4. The van der Waals surface area contributed by atoms with Crippen molar-refractivity contribution in [2.45, 2.75) is 6.42 Å². The van der Waals surface area contributed by atoms with Crippen LogP contribution in [0.4, 0.5) is 11.5 Å². The van der Waals surface area contributed by atoms with Gasteiger partial charge in [-0.3, -0.25) is 4.90 Å². The summed E-state index contributed by atoms with van der Waals surface area (Å²) in [5, 5.41) is 17.9. The zero-order valence-corrected chi connectivity index (χ0v) is 11.3. The number of rotatable bonds is 4. The molecule has 0 aliphatic carbocycles. The van der Waals surface area contributed by atoms with Crippen molar-refractivity contribution in [2.75, 3.05) is 50.0 Å². The minimum absolute atomic E-state index is 0.1000. The van der Waals surface area contributed by atoms with Gasteiger partial charge in [-0.2, -0.15) is 0 Å². The molecule has 2 rings (SSSR count). The van der Waals surface area contributed by atoms with E-state index in [0.717, 1.165) is 32.6 Å². The number of aromatic nitrogens is 1. The maximum atomic E-state index is 10.9. The highest BCUT2D eigenvalue weighted by Crippen LogP contribution is 2.22. The molecule has 7 nitrogen and oxygen atoms in total. The fourth-order valence-electron chi connectivity index (χ4n) is 2.40. The Morgan fingerprint density at radius 3 is 2.80 bits per heavy atom. The molecule has 7 heteroatoms. The van der Waals surface area contributed by atoms with E-state index in [1.54, 1.807) is 0 Å². The Hall–Kier alpha value is -1.86. The number of pyridine rings is 1. The lowest BCUT2D eigenvalue weighted by molar-refractivity contribution is 0.0696. The molecule has 0 atom stereocenters. The number of nitrogens with zero attached hydrogens (tertiary/aromatic N) is 3. The number of nitrogens with two attached hydrogens (primary N) is 1. The van der Waals surface area contributed by atoms with E-state index in [2.05, 4.69) is 14.8 Å². The highest BCUT2D eigenvalue weighted by molar-refractivity contribution is 5.89. The summed E-state index contributed by atoms with van der Waals surface area (Å²) in [6.07, 6.45) is 2.30. The van der Waals surface area contributed by atoms with E-state index >= 15 is 0 Å². The van der Waals surface area contributed by atoms with Crippen LogP contribution >= 0.6 is 0 Å². The molecular formula is C13H20N4O3. The van der Waals surface area contributed by atoms with E-state index in [4.69, 9.17) is 15.9 Å². The van der Waals surface area contributed by atoms with Crippen LogP contribution in [0.25, 0.3) is 0 Å². The average molecular weight is 280 g/mol. The number of hydrogen-bond acceptors (Lipinski definition) is 6. The molecule has 0 bridgehead atoms. The smallest absolute Gasteiger partial charge is 0.337 e. The second kappa shape index (κ2) is 6.53. The molecule has 1 saturated heterocycles. The Morgan fingerprint density at radius 2 is 2.15 bits per heavy atom. The standard InChI is InChI=1S/C13H20N4O3/c14-11-8-10(13(19)20)9-15-12(11)17-3-1-2-16(4-5-17)6-7-18/h8-9,18H,1-7,14H2,(H,19,20). The van der Waals surface area contributed by atoms with Crippen LogP contribution in [0.1, 0.15) is 16.8 Å². The van der Waals surface area contributed by atoms with E-state index in [1.165, 1.54) is 12.3 Å². The fourth-order valence-corrected chi connectivity index (χ4v) is 2.40. The Balaban J connectivity index is 2.09. The number of hydrogen-bond donors (Lipinski definition) is 3. The van der Waals surface area contributed by atoms with Crippen LogP contribution in [0.2, 0.25) is 0 Å². The summed E-state index contributed by atoms with van der Waals surface area (Å²) in [7, 11) is 0. The summed E-state index contributed by atoms with van der Waals surface area (Å²) < 4.78 is 0. The molecular weight excluding hydrogens is 260 g/mol. The van der Waals surface area contributed by atoms with Gasteiger partial charge in [0.1, 0.15) is 0 Å². The van der Waals surface area contributed by atoms with Crippen LogP contribution in [0.5, 0.6) is 0 Å². The molecule has 20 heavy (non-hydrogen) atoms. The number of aromatic carboxylic acids is 1. The number of β-amino-alcohol motifs (C(OH)–C–C–N with tert-alkyl or cyclic N) is 1. The molecule has 110 valence electrons. The van der Waals surface area contributed by atoms with Crippen LogP contribution in [0.3, 0.4) is 0 Å². The zero-order valence-electron chi connectivity index (χ0n) is 11.3. The van der Waals surface area contributed by atoms with Crippen LogP contribution in [0.15, 0.2) is 12.3 Å². The van der Waals surface area contributed by atoms with Crippen LogP contribution < -0.4 is 10.6 Å². The predicted octanol–water partition coefficient (Wildman–Crippen LogP) is -0.134. The first-order valence-electron chi connectivity index (χ1n) is 6.69. The van der Waals surface area contributed by atoms with E-state index in [0.29, 0.717) is 18.1 Å². The fraction of sp³-hybridized carbons (Fsp3) is 0.538. The molecule has 2 heterocycles. The minimum atomic E-state index is -1.03. The van der Waals surface area contributed by atoms with E-state index in [-0.39, 0.29) is 12.2 Å². The first-order valence-corrected chi connectivity index (χ1v) is 6.69. The summed E-state index contributed by atoms with van der Waals surface area (Å²) in [4.78, 5) is 19.3. The molecule has 0 aromatic carbocycles. The molecule has 1 aliphatic heterocycles. The van der Waals surface area contributed by atoms with Gasteiger partial charge >= 0.3 is 5.97 Å². The summed E-state index contributed by atoms with van der Waals surface area (Å²) in [5.41, 5.74) is 6.40. The molecule has 1 aliphatic rings. The van der Waals surface area contributed by atoms with Crippen LogP contribution in [-0.4, -0.2) is 65.4 Å². The maximum absolute atomic E-state index is 10.9. The number of nitrogen functional groups attached to an aromatic ring is 1. The van der Waals surface area contributed by atoms with Gasteiger partial charge in [-0.25, -0.2) is 9.78 Å². The van der Waals surface area contributed by atoms with E-state index in [9.17, 15) is 4.79 Å². The van der Waals surface area contributed by atoms with Crippen molar-refractivity contribution in [3.05, 3.63) is 17.8 Å². The molecule has 0 spiro atoms. The minimum Gasteiger partial charge on any atom is -0.478 e. The summed E-state index contributed by atoms with van der Waals surface area (Å²) in [6.45, 7) is 4.20. The van der Waals surface area contributed by atoms with Gasteiger partial charge in [0.05, 0.1) is 17.9 Å². The maximum Gasteiger partial charge on any atom is 0.337 e. The number of anilines is 2. The summed E-state index contributed by atoms with van der Waals surface area (Å²) in [6, 6.07) is 1.45. The third-order valence-electron chi connectivity index (χ3n) is 3.45. The lowest BCUT2D eigenvalue weighted by Gasteiger charge is -2.23. The van der Waals surface area contributed by atoms with E-state index < -0.39 is 5.97 Å². The molecule has 0 saturated carbocycles. The second-order valence-corrected chi connectivity index (χ2v) is 4.85. The highest BCUT2D eigenvalue weighted by Gasteiger charge is 2.18. The van der Waals surface area contributed by atoms with Crippen molar-refractivity contribution < 1.29 is 15.0 Å². The van der Waals surface area contributed by atoms with Crippen molar-refractivity contribution in [3.8, 4) is 0 Å². The normalized spacial score (nSPS) is 16.9. The quantitative estimate of drug-likeness (QED) is 0.705. The predicted molar refractivity (Wildman–Crippen MR) is 76.0 cm³/mol. The van der Waals surface area contributed by atoms with Gasteiger partial charge in [-0.15, -0.1) is 0 Å². The Bertz CT molecular complexity index is 481. The second-order valence-electron chi connectivity index (χ2n) is 4.85. The zero-order chi connectivity index (χ0) is 14.5. The molecule has 0 radical (unpaired) electrons. The SMILES string of the molecule is Nc1cc(C(=O)O)cnc1N1CCCN(CCO)CC1. The third-order valence-corrected chi connectivity index (χ3v) is 3.45. The van der Waals surface area contributed by atoms with E-state index in [1.807, 2.05) is 0 Å². The Morgan fingerprint density at radius 1 is 1.35 bits per heavy atom. The van der Waals surface area contributed by atoms with Crippen molar-refractivity contribution >= 4 is 17.5 Å². The van der Waals surface area contributed by atoms with Crippen LogP contribution in [-0.2, 0) is 0 Å². The summed E-state index contributed by atoms with van der Waals surface area (Å²) in [5.74, 6) is -0.387. The average Bonchev–Trinajstić information content (AvgIpc) is 2.65. The van der Waals surface area contributed by atoms with Crippen molar-refractivity contribution in [3.63, 3.8) is 0 Å². The van der Waals surface area contributed by atoms with Gasteiger partial charge in [-0.05, 0) is 19.0 Å². The molecule has 1 aromatic rings. The lowest BCUT2D eigenvalue weighted by Crippen LogP contribution is -2.33. The number of carboxylic acids is 1. The number of aliphatic hydroxyl groups excluding tert-OH is 1. The number of carbonyl (C=O) groups is 1. The van der Waals surface area contributed by atoms with Gasteiger partial charge in [0.15, 0.2) is 5.82 Å². The molecule has 0 unspecified atom stereocenters. The van der Waals surface area contributed by atoms with Crippen molar-refractivity contribution in [2.24, 2.45) is 0 Å². The molecule has 0 amide bonds. The number of aliphatic hydroxyl groups is 1. The largest absolute Gasteiger partial charge is 0.478 e. The third kappa shape index (κ3) is 3.37. The molecule has 1 fully saturated rings. The molecule has 4 N–H and O–H groups in total. The van der Waals surface area contributed by atoms with Crippen molar-refractivity contribution in [1.82, 2.24) is 9.88 Å². The van der Waals surface area contributed by atoms with Crippen molar-refractivity contribution in [1.29, 1.82) is 0 Å². The van der Waals surface area contributed by atoms with Gasteiger partial charge in [0.25, 0.3) is 0 Å². The Kier molecular flexibility index (Phi) is 4.75. The number of carboxylic acid groups (broad SMARTS) is 1. The summed E-state index contributed by atoms with van der Waals surface area (Å²) >= 11 is 0. The monoisotopic (exact) mass is 280 g/mol. The first-order chi connectivity index (χ1) is 9.61. The first kappa shape index (κ1) is 14.5. The van der Waals surface area contributed by atoms with Gasteiger partial charge < -0.3 is 20.8 Å². The van der Waals surface area contributed by atoms with Gasteiger partial charge in [0, 0.05) is 32.4 Å². The van der Waals surface area contributed by atoms with Gasteiger partial charge in [-0.1, -0.05) is 0 Å². The molecule has 1 aromatic heterocycles. The Labute approximate surface area is 117 Å². The topological polar surface area (TPSA) is 103 Å². The van der Waals surface area contributed by atoms with Gasteiger partial charge in [0.2, 0.25) is 0 Å².